The fraction of sp³-hybridized carbons (Fsp3) is 0.737. The maximum absolute atomic E-state index is 13.2. The highest BCUT2D eigenvalue weighted by atomic mass is 16.5. The number of rotatable bonds is 3. The van der Waals surface area contributed by atoms with E-state index in [1.54, 1.807) is 10.7 Å². The number of nitrogens with zero attached hydrogens (tertiary/aromatic N) is 5. The van der Waals surface area contributed by atoms with Gasteiger partial charge in [0.15, 0.2) is 5.52 Å². The molecule has 1 fully saturated rings. The van der Waals surface area contributed by atoms with Gasteiger partial charge in [0, 0.05) is 44.2 Å². The number of fused-ring (bicyclic) bond motifs is 2. The summed E-state index contributed by atoms with van der Waals surface area (Å²) < 4.78 is 9.12. The van der Waals surface area contributed by atoms with Gasteiger partial charge in [-0.3, -0.25) is 9.36 Å². The summed E-state index contributed by atoms with van der Waals surface area (Å²) in [6.45, 7) is 12.8. The third-order valence-electron chi connectivity index (χ3n) is 5.48. The quantitative estimate of drug-likeness (QED) is 0.841. The minimum atomic E-state index is 0.0131. The van der Waals surface area contributed by atoms with E-state index in [4.69, 9.17) is 9.84 Å². The van der Waals surface area contributed by atoms with Crippen LogP contribution in [0, 0.1) is 11.3 Å². The minimum absolute atomic E-state index is 0.0131. The Hall–Kier alpha value is -1.89. The lowest BCUT2D eigenvalue weighted by Gasteiger charge is -2.42. The van der Waals surface area contributed by atoms with E-state index >= 15 is 0 Å². The zero-order chi connectivity index (χ0) is 18.5. The van der Waals surface area contributed by atoms with Crippen LogP contribution in [0.1, 0.15) is 52.3 Å². The number of hydrogen-bond donors (Lipinski definition) is 0. The van der Waals surface area contributed by atoms with Crippen molar-refractivity contribution in [3.63, 3.8) is 0 Å². The molecule has 26 heavy (non-hydrogen) atoms. The Balaban J connectivity index is 1.80. The normalized spacial score (nSPS) is 20.7. The second kappa shape index (κ2) is 6.37. The molecule has 0 radical (unpaired) electrons. The zero-order valence-corrected chi connectivity index (χ0v) is 16.2. The number of aromatic nitrogens is 4. The maximum Gasteiger partial charge on any atom is 0.280 e. The average Bonchev–Trinajstić information content (AvgIpc) is 3.01. The molecule has 0 aromatic carbocycles. The molecule has 7 heteroatoms. The summed E-state index contributed by atoms with van der Waals surface area (Å²) in [6.07, 6.45) is 3.82. The van der Waals surface area contributed by atoms with Crippen LogP contribution in [-0.2, 0) is 11.3 Å². The molecule has 0 unspecified atom stereocenters. The van der Waals surface area contributed by atoms with Gasteiger partial charge < -0.3 is 9.64 Å². The first-order valence-electron chi connectivity index (χ1n) is 9.67. The Bertz CT molecular complexity index is 861. The van der Waals surface area contributed by atoms with E-state index in [0.717, 1.165) is 50.9 Å². The third kappa shape index (κ3) is 3.02. The van der Waals surface area contributed by atoms with Crippen molar-refractivity contribution in [1.82, 2.24) is 19.2 Å². The van der Waals surface area contributed by atoms with E-state index in [-0.39, 0.29) is 16.9 Å². The lowest BCUT2D eigenvalue weighted by atomic mass is 9.90. The molecule has 0 bridgehead atoms. The lowest BCUT2D eigenvalue weighted by Crippen LogP contribution is -2.50. The van der Waals surface area contributed by atoms with Gasteiger partial charge in [0.1, 0.15) is 5.82 Å². The SMILES string of the molecule is CC(C)c1ncc2c(=O)n3c(nn12)N(CC1CCOCC1)CC(C)(C)C3. The first kappa shape index (κ1) is 17.5. The van der Waals surface area contributed by atoms with Gasteiger partial charge in [-0.2, -0.15) is 0 Å². The van der Waals surface area contributed by atoms with Crippen LogP contribution in [0.4, 0.5) is 5.95 Å². The Labute approximate surface area is 154 Å². The number of anilines is 1. The smallest absolute Gasteiger partial charge is 0.280 e. The molecule has 2 aliphatic heterocycles. The Morgan fingerprint density at radius 3 is 2.69 bits per heavy atom. The van der Waals surface area contributed by atoms with Crippen LogP contribution in [0.3, 0.4) is 0 Å². The first-order chi connectivity index (χ1) is 12.4. The fourth-order valence-corrected chi connectivity index (χ4v) is 4.21. The van der Waals surface area contributed by atoms with Gasteiger partial charge in [-0.15, -0.1) is 5.10 Å². The first-order valence-corrected chi connectivity index (χ1v) is 9.67. The molecular weight excluding hydrogens is 330 g/mol. The lowest BCUT2D eigenvalue weighted by molar-refractivity contribution is 0.0670. The molecule has 0 N–H and O–H groups in total. The van der Waals surface area contributed by atoms with E-state index in [9.17, 15) is 4.79 Å². The molecular formula is C19H29N5O2. The average molecular weight is 359 g/mol. The molecule has 0 atom stereocenters. The highest BCUT2D eigenvalue weighted by Gasteiger charge is 2.34. The monoisotopic (exact) mass is 359 g/mol. The Morgan fingerprint density at radius 2 is 2.00 bits per heavy atom. The van der Waals surface area contributed by atoms with Crippen LogP contribution in [0.25, 0.3) is 5.52 Å². The molecule has 0 spiro atoms. The van der Waals surface area contributed by atoms with E-state index in [1.807, 2.05) is 4.57 Å². The van der Waals surface area contributed by atoms with E-state index in [1.165, 1.54) is 0 Å². The fourth-order valence-electron chi connectivity index (χ4n) is 4.21. The summed E-state index contributed by atoms with van der Waals surface area (Å²) >= 11 is 0. The van der Waals surface area contributed by atoms with Gasteiger partial charge in [-0.05, 0) is 18.8 Å². The molecule has 0 saturated carbocycles. The van der Waals surface area contributed by atoms with Crippen molar-refractivity contribution in [3.8, 4) is 0 Å². The standard InChI is InChI=1S/C19H29N5O2/c1-13(2)16-20-9-15-17(25)23-12-19(3,4)11-22(18(23)21-24(15)16)10-14-5-7-26-8-6-14/h9,13-14H,5-8,10-12H2,1-4H3. The van der Waals surface area contributed by atoms with Crippen molar-refractivity contribution in [2.75, 3.05) is 31.2 Å². The molecule has 2 aliphatic rings. The second-order valence-corrected chi connectivity index (χ2v) is 8.86. The van der Waals surface area contributed by atoms with Crippen molar-refractivity contribution in [3.05, 3.63) is 22.4 Å². The number of imidazole rings is 1. The van der Waals surface area contributed by atoms with Gasteiger partial charge in [-0.1, -0.05) is 27.7 Å². The Kier molecular flexibility index (Phi) is 4.29. The molecule has 2 aromatic heterocycles. The molecule has 4 rings (SSSR count). The molecule has 2 aromatic rings. The molecule has 142 valence electrons. The topological polar surface area (TPSA) is 64.7 Å². The summed E-state index contributed by atoms with van der Waals surface area (Å²) in [4.78, 5) is 19.9. The van der Waals surface area contributed by atoms with Gasteiger partial charge in [0.2, 0.25) is 5.95 Å². The van der Waals surface area contributed by atoms with Gasteiger partial charge in [0.25, 0.3) is 5.56 Å². The summed E-state index contributed by atoms with van der Waals surface area (Å²) in [5.41, 5.74) is 0.614. The summed E-state index contributed by atoms with van der Waals surface area (Å²) in [7, 11) is 0. The number of hydrogen-bond acceptors (Lipinski definition) is 5. The van der Waals surface area contributed by atoms with Crippen LogP contribution in [0.15, 0.2) is 11.0 Å². The highest BCUT2D eigenvalue weighted by Crippen LogP contribution is 2.31. The number of ether oxygens (including phenoxy) is 1. The van der Waals surface area contributed by atoms with Crippen molar-refractivity contribution >= 4 is 11.5 Å². The van der Waals surface area contributed by atoms with Crippen LogP contribution in [-0.4, -0.2) is 45.5 Å². The van der Waals surface area contributed by atoms with Crippen LogP contribution < -0.4 is 10.5 Å². The largest absolute Gasteiger partial charge is 0.381 e. The zero-order valence-electron chi connectivity index (χ0n) is 16.2. The predicted molar refractivity (Wildman–Crippen MR) is 101 cm³/mol. The highest BCUT2D eigenvalue weighted by molar-refractivity contribution is 5.47. The van der Waals surface area contributed by atoms with Crippen molar-refractivity contribution in [2.45, 2.75) is 53.0 Å². The van der Waals surface area contributed by atoms with Crippen molar-refractivity contribution in [1.29, 1.82) is 0 Å². The van der Waals surface area contributed by atoms with Gasteiger partial charge in [-0.25, -0.2) is 9.50 Å². The molecule has 7 nitrogen and oxygen atoms in total. The Morgan fingerprint density at radius 1 is 1.27 bits per heavy atom. The third-order valence-corrected chi connectivity index (χ3v) is 5.48. The van der Waals surface area contributed by atoms with Crippen LogP contribution >= 0.6 is 0 Å². The van der Waals surface area contributed by atoms with E-state index in [0.29, 0.717) is 18.0 Å². The summed E-state index contributed by atoms with van der Waals surface area (Å²) in [6, 6.07) is 0. The predicted octanol–water partition coefficient (Wildman–Crippen LogP) is 2.29. The van der Waals surface area contributed by atoms with Crippen molar-refractivity contribution < 1.29 is 4.74 Å². The van der Waals surface area contributed by atoms with Gasteiger partial charge >= 0.3 is 0 Å². The summed E-state index contributed by atoms with van der Waals surface area (Å²) in [5, 5.41) is 4.88. The van der Waals surface area contributed by atoms with Gasteiger partial charge in [0.05, 0.1) is 6.20 Å². The molecule has 0 aliphatic carbocycles. The van der Waals surface area contributed by atoms with Crippen LogP contribution in [0.2, 0.25) is 0 Å². The van der Waals surface area contributed by atoms with Crippen molar-refractivity contribution in [2.24, 2.45) is 11.3 Å². The van der Waals surface area contributed by atoms with E-state index in [2.05, 4.69) is 37.6 Å². The second-order valence-electron chi connectivity index (χ2n) is 8.86. The maximum atomic E-state index is 13.2. The molecule has 4 heterocycles. The molecule has 0 amide bonds. The van der Waals surface area contributed by atoms with E-state index < -0.39 is 0 Å². The summed E-state index contributed by atoms with van der Waals surface area (Å²) in [5.74, 6) is 2.44. The minimum Gasteiger partial charge on any atom is -0.381 e. The molecule has 1 saturated heterocycles. The van der Waals surface area contributed by atoms with Crippen LogP contribution in [0.5, 0.6) is 0 Å².